The number of imidazole rings is 1. The van der Waals surface area contributed by atoms with Crippen LogP contribution in [0.1, 0.15) is 67.6 Å². The lowest BCUT2D eigenvalue weighted by molar-refractivity contribution is 0.102. The number of hydrogen-bond acceptors (Lipinski definition) is 8. The van der Waals surface area contributed by atoms with E-state index in [1.54, 1.807) is 18.2 Å². The monoisotopic (exact) mass is 581 g/mol. The fraction of sp³-hybridized carbons (Fsp3) is 0.379. The number of carbonyl (C=O) groups excluding carboxylic acids is 1. The van der Waals surface area contributed by atoms with Gasteiger partial charge in [-0.1, -0.05) is 33.8 Å². The molecular formula is C29H39N7O4S. The fourth-order valence-electron chi connectivity index (χ4n) is 4.69. The Balaban J connectivity index is 1.67. The molecule has 4 N–H and O–H groups in total. The molecule has 0 aliphatic carbocycles. The second kappa shape index (κ2) is 11.5. The summed E-state index contributed by atoms with van der Waals surface area (Å²) in [6.45, 7) is 13.0. The Kier molecular flexibility index (Phi) is 8.36. The van der Waals surface area contributed by atoms with Crippen molar-refractivity contribution in [2.24, 2.45) is 0 Å². The Hall–Kier alpha value is -4.03. The number of hydrazine groups is 2. The van der Waals surface area contributed by atoms with Gasteiger partial charge < -0.3 is 14.6 Å². The predicted molar refractivity (Wildman–Crippen MR) is 163 cm³/mol. The fourth-order valence-corrected chi connectivity index (χ4v) is 5.24. The number of hydrogen-bond donors (Lipinski definition) is 4. The molecule has 3 aromatic rings. The molecule has 0 saturated heterocycles. The first-order chi connectivity index (χ1) is 19.2. The maximum Gasteiger partial charge on any atom is 0.255 e. The molecule has 1 aliphatic heterocycles. The van der Waals surface area contributed by atoms with Crippen LogP contribution in [-0.4, -0.2) is 37.2 Å². The first kappa shape index (κ1) is 29.9. The second-order valence-corrected chi connectivity index (χ2v) is 12.7. The van der Waals surface area contributed by atoms with E-state index in [1.807, 2.05) is 57.2 Å². The van der Waals surface area contributed by atoms with Crippen LogP contribution < -0.4 is 30.7 Å². The SMILES string of the molecule is CCc1ncc(C2=CN(c3cc(C(=O)Nc4cc(C(C)(C)C)cc(NS(C)(=O)=O)c4OC)ccc3C)NN2)n1CC. The third-order valence-electron chi connectivity index (χ3n) is 6.85. The largest absolute Gasteiger partial charge is 0.492 e. The number of nitrogens with zero attached hydrogens (tertiary/aromatic N) is 3. The zero-order valence-electron chi connectivity index (χ0n) is 24.8. The lowest BCUT2D eigenvalue weighted by Gasteiger charge is -2.24. The first-order valence-electron chi connectivity index (χ1n) is 13.5. The number of nitrogens with one attached hydrogen (secondary N) is 4. The smallest absolute Gasteiger partial charge is 0.255 e. The summed E-state index contributed by atoms with van der Waals surface area (Å²) in [5, 5.41) is 4.76. The van der Waals surface area contributed by atoms with Crippen molar-refractivity contribution < 1.29 is 17.9 Å². The van der Waals surface area contributed by atoms with E-state index in [2.05, 4.69) is 44.4 Å². The quantitative estimate of drug-likeness (QED) is 0.290. The minimum atomic E-state index is -3.59. The Morgan fingerprint density at radius 3 is 2.44 bits per heavy atom. The number of benzene rings is 2. The molecule has 12 heteroatoms. The summed E-state index contributed by atoms with van der Waals surface area (Å²) < 4.78 is 34.4. The zero-order valence-corrected chi connectivity index (χ0v) is 25.7. The number of aromatic nitrogens is 2. The van der Waals surface area contributed by atoms with Gasteiger partial charge in [0.2, 0.25) is 10.0 Å². The van der Waals surface area contributed by atoms with Gasteiger partial charge in [-0.05, 0) is 54.7 Å². The molecule has 0 bridgehead atoms. The molecule has 0 spiro atoms. The number of aryl methyl sites for hydroxylation is 2. The highest BCUT2D eigenvalue weighted by Gasteiger charge is 2.24. The number of amides is 1. The summed E-state index contributed by atoms with van der Waals surface area (Å²) in [5.74, 6) is 0.870. The van der Waals surface area contributed by atoms with Crippen molar-refractivity contribution in [1.29, 1.82) is 0 Å². The second-order valence-electron chi connectivity index (χ2n) is 11.0. The number of anilines is 3. The Bertz CT molecular complexity index is 1600. The minimum absolute atomic E-state index is 0.223. The number of carbonyl (C=O) groups is 1. The molecule has 0 atom stereocenters. The topological polar surface area (TPSA) is 130 Å². The van der Waals surface area contributed by atoms with Crippen LogP contribution in [0.4, 0.5) is 17.1 Å². The molecule has 41 heavy (non-hydrogen) atoms. The summed E-state index contributed by atoms with van der Waals surface area (Å²) in [6, 6.07) is 8.95. The van der Waals surface area contributed by atoms with Gasteiger partial charge in [-0.15, -0.1) is 5.53 Å². The van der Waals surface area contributed by atoms with Crippen LogP contribution in [0.15, 0.2) is 42.7 Å². The lowest BCUT2D eigenvalue weighted by Crippen LogP contribution is -2.36. The number of rotatable bonds is 9. The van der Waals surface area contributed by atoms with Crippen LogP contribution >= 0.6 is 0 Å². The molecule has 11 nitrogen and oxygen atoms in total. The minimum Gasteiger partial charge on any atom is -0.492 e. The third kappa shape index (κ3) is 6.49. The van der Waals surface area contributed by atoms with Crippen LogP contribution in [0, 0.1) is 6.92 Å². The van der Waals surface area contributed by atoms with Gasteiger partial charge in [0, 0.05) is 18.5 Å². The van der Waals surface area contributed by atoms with Crippen molar-refractivity contribution >= 4 is 38.7 Å². The van der Waals surface area contributed by atoms with Crippen molar-refractivity contribution in [3.8, 4) is 5.75 Å². The molecule has 220 valence electrons. The molecule has 4 rings (SSSR count). The van der Waals surface area contributed by atoms with E-state index in [4.69, 9.17) is 4.74 Å². The van der Waals surface area contributed by atoms with Gasteiger partial charge in [0.15, 0.2) is 5.75 Å². The molecule has 0 fully saturated rings. The maximum absolute atomic E-state index is 13.5. The lowest BCUT2D eigenvalue weighted by atomic mass is 9.86. The Morgan fingerprint density at radius 2 is 1.83 bits per heavy atom. The van der Waals surface area contributed by atoms with Crippen LogP contribution in [0.3, 0.4) is 0 Å². The summed E-state index contributed by atoms with van der Waals surface area (Å²) in [4.78, 5) is 18.1. The molecule has 1 aromatic heterocycles. The number of methoxy groups -OCH3 is 1. The summed E-state index contributed by atoms with van der Waals surface area (Å²) >= 11 is 0. The Labute approximate surface area is 242 Å². The van der Waals surface area contributed by atoms with Gasteiger partial charge in [0.1, 0.15) is 5.82 Å². The van der Waals surface area contributed by atoms with Crippen molar-refractivity contribution in [2.75, 3.05) is 28.4 Å². The van der Waals surface area contributed by atoms with Crippen molar-refractivity contribution in [1.82, 2.24) is 20.5 Å². The van der Waals surface area contributed by atoms with Crippen molar-refractivity contribution in [3.63, 3.8) is 0 Å². The van der Waals surface area contributed by atoms with E-state index >= 15 is 0 Å². The first-order valence-corrected chi connectivity index (χ1v) is 15.3. The number of ether oxygens (including phenoxy) is 1. The van der Waals surface area contributed by atoms with Gasteiger partial charge in [0.05, 0.1) is 54.2 Å². The van der Waals surface area contributed by atoms with Crippen LogP contribution in [0.5, 0.6) is 5.75 Å². The van der Waals surface area contributed by atoms with Gasteiger partial charge in [0.25, 0.3) is 5.91 Å². The van der Waals surface area contributed by atoms with E-state index < -0.39 is 10.0 Å². The van der Waals surface area contributed by atoms with Gasteiger partial charge >= 0.3 is 0 Å². The van der Waals surface area contributed by atoms with Gasteiger partial charge in [-0.3, -0.25) is 20.0 Å². The third-order valence-corrected chi connectivity index (χ3v) is 7.44. The van der Waals surface area contributed by atoms with E-state index in [0.717, 1.165) is 53.3 Å². The summed E-state index contributed by atoms with van der Waals surface area (Å²) in [5.41, 5.74) is 11.5. The maximum atomic E-state index is 13.5. The highest BCUT2D eigenvalue weighted by molar-refractivity contribution is 7.92. The normalized spacial score (nSPS) is 13.6. The molecule has 2 aromatic carbocycles. The molecule has 1 aliphatic rings. The highest BCUT2D eigenvalue weighted by Crippen LogP contribution is 2.39. The molecule has 0 saturated carbocycles. The average molecular weight is 582 g/mol. The average Bonchev–Trinajstić information content (AvgIpc) is 3.54. The number of sulfonamides is 1. The summed E-state index contributed by atoms with van der Waals surface area (Å²) in [7, 11) is -2.16. The molecule has 0 radical (unpaired) electrons. The Morgan fingerprint density at radius 1 is 1.12 bits per heavy atom. The zero-order chi connectivity index (χ0) is 30.1. The van der Waals surface area contributed by atoms with Gasteiger partial charge in [-0.2, -0.15) is 0 Å². The van der Waals surface area contributed by atoms with Crippen molar-refractivity contribution in [3.05, 3.63) is 70.9 Å². The standard InChI is InChI=1S/C29H39N7O4S/c1-9-26-30-16-25(35(26)10-2)23-17-36(34-32-23)24-13-19(12-11-18(24)3)28(37)31-21-14-20(29(4,5)6)15-22(27(21)40-7)33-41(8,38)39/h11-17,32-34H,9-10H2,1-8H3,(H,31,37). The van der Waals surface area contributed by atoms with Crippen molar-refractivity contribution in [2.45, 2.75) is 59.9 Å². The van der Waals surface area contributed by atoms with Crippen LogP contribution in [0.25, 0.3) is 5.70 Å². The van der Waals surface area contributed by atoms with Crippen LogP contribution in [0.2, 0.25) is 0 Å². The molecule has 0 unspecified atom stereocenters. The molecule has 2 heterocycles. The van der Waals surface area contributed by atoms with E-state index in [1.165, 1.54) is 7.11 Å². The van der Waals surface area contributed by atoms with E-state index in [9.17, 15) is 13.2 Å². The predicted octanol–water partition coefficient (Wildman–Crippen LogP) is 4.53. The highest BCUT2D eigenvalue weighted by atomic mass is 32.2. The molecule has 1 amide bonds. The van der Waals surface area contributed by atoms with E-state index in [0.29, 0.717) is 11.3 Å². The van der Waals surface area contributed by atoms with Crippen LogP contribution in [-0.2, 0) is 28.4 Å². The summed E-state index contributed by atoms with van der Waals surface area (Å²) in [6.07, 6.45) is 5.70. The van der Waals surface area contributed by atoms with E-state index in [-0.39, 0.29) is 22.8 Å². The molecular weight excluding hydrogens is 542 g/mol. The van der Waals surface area contributed by atoms with Gasteiger partial charge in [-0.25, -0.2) is 13.4 Å².